The molecule has 2 aliphatic rings. The third-order valence-corrected chi connectivity index (χ3v) is 6.18. The van der Waals surface area contributed by atoms with Crippen LogP contribution in [0.2, 0.25) is 0 Å². The smallest absolute Gasteiger partial charge is 0.444 e. The van der Waals surface area contributed by atoms with E-state index in [0.29, 0.717) is 18.7 Å². The molecule has 2 heterocycles. The molecule has 2 fully saturated rings. The van der Waals surface area contributed by atoms with Crippen LogP contribution in [-0.4, -0.2) is 48.0 Å². The maximum absolute atomic E-state index is 12.5. The highest BCUT2D eigenvalue weighted by atomic mass is 16.7. The number of amides is 1. The lowest BCUT2D eigenvalue weighted by Crippen LogP contribution is -2.42. The van der Waals surface area contributed by atoms with Gasteiger partial charge in [0.2, 0.25) is 0 Å². The number of likely N-dealkylation sites (tertiary alicyclic amines) is 1. The SMILES string of the molecule is CC(C)(C)OC(=O)N1CCCC(c2cc(C#N)cc(B3OC(C)(C)C(C)(C)O3)c2)C1. The van der Waals surface area contributed by atoms with E-state index >= 15 is 0 Å². The van der Waals surface area contributed by atoms with Crippen LogP contribution >= 0.6 is 0 Å². The number of hydrogen-bond donors (Lipinski definition) is 0. The lowest BCUT2D eigenvalue weighted by molar-refractivity contribution is 0.00578. The van der Waals surface area contributed by atoms with Crippen molar-refractivity contribution in [2.45, 2.75) is 84.0 Å². The van der Waals surface area contributed by atoms with Gasteiger partial charge in [0.15, 0.2) is 0 Å². The van der Waals surface area contributed by atoms with Crippen molar-refractivity contribution >= 4 is 18.7 Å². The largest absolute Gasteiger partial charge is 0.494 e. The normalized spacial score (nSPS) is 23.2. The van der Waals surface area contributed by atoms with Crippen molar-refractivity contribution in [3.05, 3.63) is 29.3 Å². The first kappa shape index (κ1) is 22.6. The maximum atomic E-state index is 12.5. The fourth-order valence-electron chi connectivity index (χ4n) is 3.83. The summed E-state index contributed by atoms with van der Waals surface area (Å²) in [6, 6.07) is 8.07. The van der Waals surface area contributed by atoms with E-state index in [2.05, 4.69) is 12.1 Å². The number of rotatable bonds is 2. The first-order chi connectivity index (χ1) is 13.8. The Kier molecular flexibility index (Phi) is 5.96. The van der Waals surface area contributed by atoms with Gasteiger partial charge in [-0.3, -0.25) is 0 Å². The number of carbonyl (C=O) groups is 1. The fourth-order valence-corrected chi connectivity index (χ4v) is 3.83. The molecule has 7 heteroatoms. The highest BCUT2D eigenvalue weighted by molar-refractivity contribution is 6.62. The number of carbonyl (C=O) groups excluding carboxylic acids is 1. The van der Waals surface area contributed by atoms with Crippen molar-refractivity contribution in [2.24, 2.45) is 0 Å². The van der Waals surface area contributed by atoms with Crippen molar-refractivity contribution in [3.63, 3.8) is 0 Å². The predicted molar refractivity (Wildman–Crippen MR) is 117 cm³/mol. The van der Waals surface area contributed by atoms with Crippen molar-refractivity contribution in [3.8, 4) is 6.07 Å². The molecule has 162 valence electrons. The standard InChI is InChI=1S/C23H33BN2O4/c1-21(2,3)28-20(27)26-10-8-9-17(15-26)18-11-16(14-25)12-19(13-18)24-29-22(4,5)23(6,7)30-24/h11-13,17H,8-10,15H2,1-7H3. The maximum Gasteiger partial charge on any atom is 0.494 e. The predicted octanol–water partition coefficient (Wildman–Crippen LogP) is 3.97. The van der Waals surface area contributed by atoms with Crippen LogP contribution in [0.3, 0.4) is 0 Å². The Hall–Kier alpha value is -2.04. The molecule has 6 nitrogen and oxygen atoms in total. The Balaban J connectivity index is 1.84. The molecule has 0 aromatic heterocycles. The Morgan fingerprint density at radius 3 is 2.40 bits per heavy atom. The quantitative estimate of drug-likeness (QED) is 0.688. The van der Waals surface area contributed by atoms with E-state index in [1.807, 2.05) is 60.6 Å². The van der Waals surface area contributed by atoms with E-state index < -0.39 is 23.9 Å². The number of hydrogen-bond acceptors (Lipinski definition) is 5. The van der Waals surface area contributed by atoms with Crippen LogP contribution in [0, 0.1) is 11.3 Å². The van der Waals surface area contributed by atoms with Gasteiger partial charge in [-0.2, -0.15) is 5.26 Å². The van der Waals surface area contributed by atoms with Crippen molar-refractivity contribution in [1.82, 2.24) is 4.90 Å². The molecule has 0 radical (unpaired) electrons. The molecule has 30 heavy (non-hydrogen) atoms. The third-order valence-electron chi connectivity index (χ3n) is 6.18. The molecule has 1 atom stereocenters. The number of piperidine rings is 1. The minimum Gasteiger partial charge on any atom is -0.444 e. The highest BCUT2D eigenvalue weighted by Crippen LogP contribution is 2.37. The van der Waals surface area contributed by atoms with Gasteiger partial charge in [-0.05, 0) is 84.5 Å². The summed E-state index contributed by atoms with van der Waals surface area (Å²) in [5.41, 5.74) is 1.04. The van der Waals surface area contributed by atoms with Gasteiger partial charge < -0.3 is 18.9 Å². The lowest BCUT2D eigenvalue weighted by Gasteiger charge is -2.34. The molecule has 2 aliphatic heterocycles. The third kappa shape index (κ3) is 4.82. The summed E-state index contributed by atoms with van der Waals surface area (Å²) in [7, 11) is -0.521. The highest BCUT2D eigenvalue weighted by Gasteiger charge is 2.51. The molecule has 1 unspecified atom stereocenters. The summed E-state index contributed by atoms with van der Waals surface area (Å²) in [6.45, 7) is 15.0. The van der Waals surface area contributed by atoms with Gasteiger partial charge in [0, 0.05) is 19.0 Å². The zero-order valence-electron chi connectivity index (χ0n) is 19.2. The Labute approximate surface area is 180 Å². The van der Waals surface area contributed by atoms with E-state index in [4.69, 9.17) is 14.0 Å². The van der Waals surface area contributed by atoms with E-state index in [9.17, 15) is 10.1 Å². The number of nitrogens with zero attached hydrogens (tertiary/aromatic N) is 2. The van der Waals surface area contributed by atoms with Gasteiger partial charge in [0.25, 0.3) is 0 Å². The molecular formula is C23H33BN2O4. The number of benzene rings is 1. The molecule has 0 spiro atoms. The van der Waals surface area contributed by atoms with E-state index in [0.717, 1.165) is 23.9 Å². The van der Waals surface area contributed by atoms with Gasteiger partial charge in [-0.15, -0.1) is 0 Å². The first-order valence-electron chi connectivity index (χ1n) is 10.7. The zero-order valence-corrected chi connectivity index (χ0v) is 19.2. The van der Waals surface area contributed by atoms with Crippen molar-refractivity contribution < 1.29 is 18.8 Å². The zero-order chi connectivity index (χ0) is 22.3. The van der Waals surface area contributed by atoms with Crippen LogP contribution in [0.5, 0.6) is 0 Å². The minimum absolute atomic E-state index is 0.140. The first-order valence-corrected chi connectivity index (χ1v) is 10.7. The fraction of sp³-hybridized carbons (Fsp3) is 0.652. The van der Waals surface area contributed by atoms with Gasteiger partial charge in [-0.25, -0.2) is 4.79 Å². The molecule has 0 bridgehead atoms. The lowest BCUT2D eigenvalue weighted by atomic mass is 9.75. The second kappa shape index (κ2) is 7.90. The molecule has 0 saturated carbocycles. The Morgan fingerprint density at radius 2 is 1.83 bits per heavy atom. The summed E-state index contributed by atoms with van der Waals surface area (Å²) < 4.78 is 17.9. The van der Waals surface area contributed by atoms with Crippen LogP contribution in [-0.2, 0) is 14.0 Å². The second-order valence-electron chi connectivity index (χ2n) is 10.4. The van der Waals surface area contributed by atoms with Gasteiger partial charge >= 0.3 is 13.2 Å². The Bertz CT molecular complexity index is 838. The molecule has 1 aromatic carbocycles. The average Bonchev–Trinajstić information content (AvgIpc) is 2.87. The number of ether oxygens (including phenoxy) is 1. The van der Waals surface area contributed by atoms with Crippen LogP contribution in [0.25, 0.3) is 0 Å². The molecule has 0 N–H and O–H groups in total. The summed E-state index contributed by atoms with van der Waals surface area (Å²) in [5.74, 6) is 0.140. The van der Waals surface area contributed by atoms with Crippen LogP contribution in [0.15, 0.2) is 18.2 Å². The Morgan fingerprint density at radius 1 is 1.20 bits per heavy atom. The topological polar surface area (TPSA) is 71.8 Å². The van der Waals surface area contributed by atoms with Gasteiger partial charge in [0.05, 0.1) is 22.8 Å². The average molecular weight is 412 g/mol. The van der Waals surface area contributed by atoms with Crippen LogP contribution < -0.4 is 5.46 Å². The van der Waals surface area contributed by atoms with Crippen LogP contribution in [0.1, 0.15) is 78.4 Å². The molecule has 0 aliphatic carbocycles. The van der Waals surface area contributed by atoms with E-state index in [1.165, 1.54) is 0 Å². The summed E-state index contributed by atoms with van der Waals surface area (Å²) in [6.07, 6.45) is 1.57. The van der Waals surface area contributed by atoms with Crippen LogP contribution in [0.4, 0.5) is 4.79 Å². The second-order valence-corrected chi connectivity index (χ2v) is 10.4. The molecule has 3 rings (SSSR count). The van der Waals surface area contributed by atoms with Gasteiger partial charge in [-0.1, -0.05) is 6.07 Å². The molecule has 1 aromatic rings. The summed E-state index contributed by atoms with van der Waals surface area (Å²) >= 11 is 0. The van der Waals surface area contributed by atoms with Crippen molar-refractivity contribution in [2.75, 3.05) is 13.1 Å². The molecule has 1 amide bonds. The number of nitriles is 1. The van der Waals surface area contributed by atoms with Gasteiger partial charge in [0.1, 0.15) is 5.60 Å². The summed E-state index contributed by atoms with van der Waals surface area (Å²) in [5, 5.41) is 9.58. The monoisotopic (exact) mass is 412 g/mol. The van der Waals surface area contributed by atoms with E-state index in [1.54, 1.807) is 4.90 Å². The summed E-state index contributed by atoms with van der Waals surface area (Å²) in [4.78, 5) is 14.3. The molecular weight excluding hydrogens is 379 g/mol. The minimum atomic E-state index is -0.521. The van der Waals surface area contributed by atoms with Crippen molar-refractivity contribution in [1.29, 1.82) is 5.26 Å². The van der Waals surface area contributed by atoms with E-state index in [-0.39, 0.29) is 12.0 Å². The molecule has 2 saturated heterocycles.